The lowest BCUT2D eigenvalue weighted by atomic mass is 10.0. The van der Waals surface area contributed by atoms with Crippen molar-refractivity contribution < 1.29 is 0 Å². The van der Waals surface area contributed by atoms with E-state index in [1.807, 2.05) is 0 Å². The fourth-order valence-corrected chi connectivity index (χ4v) is 3.11. The Hall–Kier alpha value is -1.33. The first-order valence-electron chi connectivity index (χ1n) is 6.97. The molecule has 0 saturated heterocycles. The minimum Gasteiger partial charge on any atom is -0.298 e. The van der Waals surface area contributed by atoms with Gasteiger partial charge in [-0.05, 0) is 48.8 Å². The van der Waals surface area contributed by atoms with Gasteiger partial charge in [0, 0.05) is 19.5 Å². The van der Waals surface area contributed by atoms with Crippen LogP contribution in [0.15, 0.2) is 24.3 Å². The standard InChI is InChI=1S/C16H20N2/c17-10-9-16(7-8-16)13-18-11-3-6-14-4-1-2-5-15(14)12-18/h1-2,4-5H,3,6-9,11-13H2. The van der Waals surface area contributed by atoms with Gasteiger partial charge in [-0.25, -0.2) is 0 Å². The van der Waals surface area contributed by atoms with Crippen molar-refractivity contribution in [2.75, 3.05) is 13.1 Å². The molecule has 0 N–H and O–H groups in total. The Morgan fingerprint density at radius 2 is 2.00 bits per heavy atom. The molecule has 1 aliphatic heterocycles. The SMILES string of the molecule is N#CCC1(CN2CCCc3ccccc3C2)CC1. The molecule has 1 saturated carbocycles. The number of nitrogens with zero attached hydrogens (tertiary/aromatic N) is 2. The van der Waals surface area contributed by atoms with Gasteiger partial charge < -0.3 is 0 Å². The van der Waals surface area contributed by atoms with Crippen LogP contribution in [-0.2, 0) is 13.0 Å². The van der Waals surface area contributed by atoms with Crippen LogP contribution in [0.5, 0.6) is 0 Å². The maximum atomic E-state index is 8.92. The van der Waals surface area contributed by atoms with Gasteiger partial charge in [0.05, 0.1) is 6.07 Å². The second-order valence-corrected chi connectivity index (χ2v) is 5.92. The van der Waals surface area contributed by atoms with Crippen molar-refractivity contribution in [2.24, 2.45) is 5.41 Å². The molecule has 1 aromatic carbocycles. The monoisotopic (exact) mass is 240 g/mol. The largest absolute Gasteiger partial charge is 0.298 e. The van der Waals surface area contributed by atoms with Crippen molar-refractivity contribution in [3.63, 3.8) is 0 Å². The van der Waals surface area contributed by atoms with Gasteiger partial charge in [0.25, 0.3) is 0 Å². The molecular weight excluding hydrogens is 220 g/mol. The molecule has 1 fully saturated rings. The Kier molecular flexibility index (Phi) is 3.09. The van der Waals surface area contributed by atoms with E-state index in [2.05, 4.69) is 35.2 Å². The fourth-order valence-electron chi connectivity index (χ4n) is 3.11. The number of hydrogen-bond acceptors (Lipinski definition) is 2. The van der Waals surface area contributed by atoms with Gasteiger partial charge in [0.15, 0.2) is 0 Å². The number of hydrogen-bond donors (Lipinski definition) is 0. The molecule has 1 aliphatic carbocycles. The Morgan fingerprint density at radius 3 is 2.72 bits per heavy atom. The van der Waals surface area contributed by atoms with Crippen LogP contribution in [-0.4, -0.2) is 18.0 Å². The highest BCUT2D eigenvalue weighted by Crippen LogP contribution is 2.49. The maximum Gasteiger partial charge on any atom is 0.0628 e. The molecule has 94 valence electrons. The van der Waals surface area contributed by atoms with Crippen LogP contribution in [0.3, 0.4) is 0 Å². The van der Waals surface area contributed by atoms with Crippen LogP contribution < -0.4 is 0 Å². The molecule has 0 radical (unpaired) electrons. The van der Waals surface area contributed by atoms with Gasteiger partial charge in [0.2, 0.25) is 0 Å². The van der Waals surface area contributed by atoms with Crippen molar-refractivity contribution in [3.8, 4) is 6.07 Å². The molecule has 1 aromatic rings. The Morgan fingerprint density at radius 1 is 1.22 bits per heavy atom. The summed E-state index contributed by atoms with van der Waals surface area (Å²) in [4.78, 5) is 2.57. The molecule has 0 atom stereocenters. The summed E-state index contributed by atoms with van der Waals surface area (Å²) in [6.45, 7) is 3.38. The lowest BCUT2D eigenvalue weighted by Gasteiger charge is -2.25. The zero-order valence-corrected chi connectivity index (χ0v) is 10.9. The third kappa shape index (κ3) is 2.42. The molecular formula is C16H20N2. The molecule has 1 heterocycles. The summed E-state index contributed by atoms with van der Waals surface area (Å²) in [6.07, 6.45) is 5.69. The van der Waals surface area contributed by atoms with Gasteiger partial charge in [-0.2, -0.15) is 5.26 Å². The summed E-state index contributed by atoms with van der Waals surface area (Å²) >= 11 is 0. The highest BCUT2D eigenvalue weighted by atomic mass is 15.1. The summed E-state index contributed by atoms with van der Waals surface area (Å²) in [5.74, 6) is 0. The molecule has 0 aromatic heterocycles. The number of nitriles is 1. The molecule has 2 heteroatoms. The van der Waals surface area contributed by atoms with Crippen molar-refractivity contribution in [1.29, 1.82) is 5.26 Å². The first-order valence-corrected chi connectivity index (χ1v) is 6.97. The van der Waals surface area contributed by atoms with E-state index in [0.29, 0.717) is 5.41 Å². The van der Waals surface area contributed by atoms with Crippen LogP contribution >= 0.6 is 0 Å². The Labute approximate surface area is 109 Å². The average molecular weight is 240 g/mol. The van der Waals surface area contributed by atoms with E-state index in [4.69, 9.17) is 5.26 Å². The van der Waals surface area contributed by atoms with Gasteiger partial charge in [0.1, 0.15) is 0 Å². The Balaban J connectivity index is 1.70. The van der Waals surface area contributed by atoms with E-state index in [9.17, 15) is 0 Å². The molecule has 3 rings (SSSR count). The van der Waals surface area contributed by atoms with Gasteiger partial charge in [-0.1, -0.05) is 24.3 Å². The van der Waals surface area contributed by atoms with E-state index in [1.54, 1.807) is 0 Å². The van der Waals surface area contributed by atoms with Crippen LogP contribution in [0.1, 0.15) is 36.8 Å². The second kappa shape index (κ2) is 4.74. The van der Waals surface area contributed by atoms with Crippen LogP contribution in [0.25, 0.3) is 0 Å². The highest BCUT2D eigenvalue weighted by Gasteiger charge is 2.43. The second-order valence-electron chi connectivity index (χ2n) is 5.92. The van der Waals surface area contributed by atoms with E-state index in [-0.39, 0.29) is 0 Å². The van der Waals surface area contributed by atoms with Gasteiger partial charge in [-0.3, -0.25) is 4.90 Å². The summed E-state index contributed by atoms with van der Waals surface area (Å²) in [7, 11) is 0. The quantitative estimate of drug-likeness (QED) is 0.811. The average Bonchev–Trinajstić information content (AvgIpc) is 3.13. The van der Waals surface area contributed by atoms with Crippen LogP contribution in [0.2, 0.25) is 0 Å². The zero-order valence-electron chi connectivity index (χ0n) is 10.9. The number of fused-ring (bicyclic) bond motifs is 1. The van der Waals surface area contributed by atoms with Gasteiger partial charge >= 0.3 is 0 Å². The molecule has 0 amide bonds. The van der Waals surface area contributed by atoms with Crippen molar-refractivity contribution in [2.45, 2.75) is 38.6 Å². The Bertz CT molecular complexity index is 468. The van der Waals surface area contributed by atoms with E-state index < -0.39 is 0 Å². The predicted molar refractivity (Wildman–Crippen MR) is 71.9 cm³/mol. The summed E-state index contributed by atoms with van der Waals surface area (Å²) in [5.41, 5.74) is 3.35. The van der Waals surface area contributed by atoms with Crippen molar-refractivity contribution in [3.05, 3.63) is 35.4 Å². The molecule has 0 spiro atoms. The number of rotatable bonds is 3. The maximum absolute atomic E-state index is 8.92. The van der Waals surface area contributed by atoms with E-state index in [0.717, 1.165) is 19.5 Å². The topological polar surface area (TPSA) is 27.0 Å². The molecule has 2 aliphatic rings. The molecule has 0 bridgehead atoms. The summed E-state index contributed by atoms with van der Waals surface area (Å²) in [6, 6.07) is 11.2. The minimum absolute atomic E-state index is 0.341. The third-order valence-corrected chi connectivity index (χ3v) is 4.40. The van der Waals surface area contributed by atoms with Gasteiger partial charge in [-0.15, -0.1) is 0 Å². The summed E-state index contributed by atoms with van der Waals surface area (Å²) in [5, 5.41) is 8.92. The smallest absolute Gasteiger partial charge is 0.0628 e. The van der Waals surface area contributed by atoms with Crippen molar-refractivity contribution >= 4 is 0 Å². The lowest BCUT2D eigenvalue weighted by Crippen LogP contribution is -2.30. The lowest BCUT2D eigenvalue weighted by molar-refractivity contribution is 0.215. The first-order chi connectivity index (χ1) is 8.81. The van der Waals surface area contributed by atoms with Crippen LogP contribution in [0.4, 0.5) is 0 Å². The number of benzene rings is 1. The van der Waals surface area contributed by atoms with Crippen molar-refractivity contribution in [1.82, 2.24) is 4.90 Å². The number of aryl methyl sites for hydroxylation is 1. The predicted octanol–water partition coefficient (Wildman–Crippen LogP) is 3.13. The third-order valence-electron chi connectivity index (χ3n) is 4.40. The van der Waals surface area contributed by atoms with Crippen LogP contribution in [0, 0.1) is 16.7 Å². The molecule has 2 nitrogen and oxygen atoms in total. The fraction of sp³-hybridized carbons (Fsp3) is 0.562. The van der Waals surface area contributed by atoms with E-state index in [1.165, 1.54) is 43.4 Å². The van der Waals surface area contributed by atoms with E-state index >= 15 is 0 Å². The first kappa shape index (κ1) is 11.7. The highest BCUT2D eigenvalue weighted by molar-refractivity contribution is 5.28. The summed E-state index contributed by atoms with van der Waals surface area (Å²) < 4.78 is 0. The minimum atomic E-state index is 0.341. The molecule has 0 unspecified atom stereocenters. The normalized spacial score (nSPS) is 21.7. The molecule has 18 heavy (non-hydrogen) atoms. The zero-order chi connectivity index (χ0) is 12.4.